The first kappa shape index (κ1) is 13.9. The van der Waals surface area contributed by atoms with Crippen molar-refractivity contribution in [3.8, 4) is 0 Å². The Labute approximate surface area is 115 Å². The van der Waals surface area contributed by atoms with E-state index in [0.717, 1.165) is 23.5 Å². The van der Waals surface area contributed by atoms with Gasteiger partial charge in [-0.3, -0.25) is 0 Å². The van der Waals surface area contributed by atoms with Gasteiger partial charge in [0.25, 0.3) is 0 Å². The Kier molecular flexibility index (Phi) is 3.94. The molecular weight excluding hydrogens is 290 g/mol. The number of benzene rings is 1. The number of nitrogens with one attached hydrogen (secondary N) is 2. The van der Waals surface area contributed by atoms with Crippen molar-refractivity contribution < 1.29 is 23.5 Å². The number of rotatable bonds is 3. The summed E-state index contributed by atoms with van der Waals surface area (Å²) in [6.07, 6.45) is 0. The van der Waals surface area contributed by atoms with Crippen molar-refractivity contribution in [1.82, 2.24) is 0 Å². The van der Waals surface area contributed by atoms with Gasteiger partial charge in [0.15, 0.2) is 0 Å². The van der Waals surface area contributed by atoms with Gasteiger partial charge in [0.2, 0.25) is 0 Å². The zero-order valence-corrected chi connectivity index (χ0v) is 10.6. The third kappa shape index (κ3) is 3.09. The van der Waals surface area contributed by atoms with E-state index in [-0.39, 0.29) is 16.3 Å². The monoisotopic (exact) mass is 298 g/mol. The number of hydrogen-bond acceptors (Lipinski definition) is 3. The van der Waals surface area contributed by atoms with Crippen molar-refractivity contribution in [2.45, 2.75) is 0 Å². The van der Waals surface area contributed by atoms with Crippen LogP contribution in [0.1, 0.15) is 9.67 Å². The van der Waals surface area contributed by atoms with Crippen molar-refractivity contribution in [2.75, 3.05) is 10.6 Å². The molecule has 1 aromatic carbocycles. The Morgan fingerprint density at radius 1 is 1.10 bits per heavy atom. The molecule has 104 valence electrons. The van der Waals surface area contributed by atoms with Gasteiger partial charge in [-0.2, -0.15) is 0 Å². The SMILES string of the molecule is O=C(Nc1ccc(F)cc1F)Nc1ccsc1C(=O)O. The number of carboxylic acid groups (broad SMARTS) is 1. The number of anilines is 2. The topological polar surface area (TPSA) is 78.4 Å². The number of halogens is 2. The van der Waals surface area contributed by atoms with Gasteiger partial charge in [-0.1, -0.05) is 0 Å². The van der Waals surface area contributed by atoms with Crippen LogP contribution in [0, 0.1) is 11.6 Å². The molecule has 0 bridgehead atoms. The van der Waals surface area contributed by atoms with Crippen LogP contribution >= 0.6 is 11.3 Å². The molecule has 8 heteroatoms. The number of amides is 2. The van der Waals surface area contributed by atoms with Gasteiger partial charge >= 0.3 is 12.0 Å². The predicted octanol–water partition coefficient (Wildman–Crippen LogP) is 3.37. The highest BCUT2D eigenvalue weighted by molar-refractivity contribution is 7.12. The third-order valence-corrected chi connectivity index (χ3v) is 3.19. The molecule has 2 rings (SSSR count). The van der Waals surface area contributed by atoms with E-state index >= 15 is 0 Å². The fourth-order valence-electron chi connectivity index (χ4n) is 1.44. The van der Waals surface area contributed by atoms with E-state index in [0.29, 0.717) is 6.07 Å². The second-order valence-corrected chi connectivity index (χ2v) is 4.59. The van der Waals surface area contributed by atoms with Crippen LogP contribution in [0.3, 0.4) is 0 Å². The third-order valence-electron chi connectivity index (χ3n) is 2.29. The van der Waals surface area contributed by atoms with Crippen LogP contribution < -0.4 is 10.6 Å². The molecule has 2 amide bonds. The van der Waals surface area contributed by atoms with E-state index in [9.17, 15) is 18.4 Å². The second kappa shape index (κ2) is 5.66. The maximum atomic E-state index is 13.3. The molecule has 0 saturated heterocycles. The van der Waals surface area contributed by atoms with Crippen LogP contribution in [-0.4, -0.2) is 17.1 Å². The minimum atomic E-state index is -1.18. The van der Waals surface area contributed by atoms with E-state index in [2.05, 4.69) is 10.6 Å². The first-order valence-electron chi connectivity index (χ1n) is 5.31. The van der Waals surface area contributed by atoms with Crippen molar-refractivity contribution in [1.29, 1.82) is 0 Å². The van der Waals surface area contributed by atoms with Gasteiger partial charge in [-0.25, -0.2) is 18.4 Å². The van der Waals surface area contributed by atoms with Crippen molar-refractivity contribution in [2.24, 2.45) is 0 Å². The van der Waals surface area contributed by atoms with Crippen LogP contribution in [0.25, 0.3) is 0 Å². The van der Waals surface area contributed by atoms with Gasteiger partial charge in [0, 0.05) is 6.07 Å². The summed E-state index contributed by atoms with van der Waals surface area (Å²) in [6.45, 7) is 0. The Hall–Kier alpha value is -2.48. The Morgan fingerprint density at radius 3 is 2.45 bits per heavy atom. The summed E-state index contributed by atoms with van der Waals surface area (Å²) < 4.78 is 26.0. The van der Waals surface area contributed by atoms with Crippen LogP contribution in [-0.2, 0) is 0 Å². The van der Waals surface area contributed by atoms with Gasteiger partial charge in [0.1, 0.15) is 16.5 Å². The minimum Gasteiger partial charge on any atom is -0.477 e. The van der Waals surface area contributed by atoms with Crippen molar-refractivity contribution in [3.63, 3.8) is 0 Å². The zero-order chi connectivity index (χ0) is 14.7. The lowest BCUT2D eigenvalue weighted by Crippen LogP contribution is -2.21. The van der Waals surface area contributed by atoms with E-state index in [4.69, 9.17) is 5.11 Å². The lowest BCUT2D eigenvalue weighted by atomic mass is 10.3. The predicted molar refractivity (Wildman–Crippen MR) is 70.3 cm³/mol. The largest absolute Gasteiger partial charge is 0.477 e. The van der Waals surface area contributed by atoms with E-state index in [1.165, 1.54) is 11.4 Å². The molecule has 0 aliphatic rings. The molecule has 2 aromatic rings. The van der Waals surface area contributed by atoms with Crippen LogP contribution in [0.2, 0.25) is 0 Å². The highest BCUT2D eigenvalue weighted by Gasteiger charge is 2.14. The summed E-state index contributed by atoms with van der Waals surface area (Å²) in [6, 6.07) is 3.27. The van der Waals surface area contributed by atoms with Gasteiger partial charge in [-0.15, -0.1) is 11.3 Å². The maximum absolute atomic E-state index is 13.3. The molecule has 1 heterocycles. The van der Waals surface area contributed by atoms with Crippen LogP contribution in [0.4, 0.5) is 25.0 Å². The van der Waals surface area contributed by atoms with Crippen molar-refractivity contribution in [3.05, 3.63) is 46.2 Å². The summed E-state index contributed by atoms with van der Waals surface area (Å²) in [7, 11) is 0. The van der Waals surface area contributed by atoms with E-state index in [1.54, 1.807) is 0 Å². The van der Waals surface area contributed by atoms with E-state index in [1.807, 2.05) is 0 Å². The molecule has 0 aliphatic carbocycles. The molecule has 20 heavy (non-hydrogen) atoms. The first-order chi connectivity index (χ1) is 9.47. The number of thiophene rings is 1. The summed E-state index contributed by atoms with van der Waals surface area (Å²) in [5.74, 6) is -2.87. The highest BCUT2D eigenvalue weighted by atomic mass is 32.1. The number of carboxylic acids is 1. The smallest absolute Gasteiger partial charge is 0.348 e. The highest BCUT2D eigenvalue weighted by Crippen LogP contribution is 2.22. The molecule has 0 aliphatic heterocycles. The van der Waals surface area contributed by atoms with Crippen LogP contribution in [0.15, 0.2) is 29.6 Å². The molecule has 0 saturated carbocycles. The number of carbonyl (C=O) groups is 2. The summed E-state index contributed by atoms with van der Waals surface area (Å²) >= 11 is 0.945. The maximum Gasteiger partial charge on any atom is 0.348 e. The number of hydrogen-bond donors (Lipinski definition) is 3. The normalized spacial score (nSPS) is 10.1. The minimum absolute atomic E-state index is 0.0419. The fraction of sp³-hybridized carbons (Fsp3) is 0. The molecule has 0 unspecified atom stereocenters. The lowest BCUT2D eigenvalue weighted by Gasteiger charge is -2.08. The fourth-order valence-corrected chi connectivity index (χ4v) is 2.13. The Balaban J connectivity index is 2.09. The first-order valence-corrected chi connectivity index (χ1v) is 6.19. The van der Waals surface area contributed by atoms with E-state index < -0.39 is 23.6 Å². The molecule has 5 nitrogen and oxygen atoms in total. The standard InChI is InChI=1S/C12H8F2N2O3S/c13-6-1-2-8(7(14)5-6)15-12(19)16-9-3-4-20-10(9)11(17)18/h1-5H,(H,17,18)(H2,15,16,19). The van der Waals surface area contributed by atoms with Gasteiger partial charge < -0.3 is 15.7 Å². The van der Waals surface area contributed by atoms with Crippen LogP contribution in [0.5, 0.6) is 0 Å². The summed E-state index contributed by atoms with van der Waals surface area (Å²) in [4.78, 5) is 22.4. The average molecular weight is 298 g/mol. The molecule has 0 spiro atoms. The zero-order valence-electron chi connectivity index (χ0n) is 9.81. The number of aromatic carboxylic acids is 1. The van der Waals surface area contributed by atoms with Gasteiger partial charge in [-0.05, 0) is 23.6 Å². The average Bonchev–Trinajstić information content (AvgIpc) is 2.81. The quantitative estimate of drug-likeness (QED) is 0.813. The molecule has 1 aromatic heterocycles. The summed E-state index contributed by atoms with van der Waals surface area (Å²) in [5.41, 5.74) is -0.112. The number of carbonyl (C=O) groups excluding carboxylic acids is 1. The number of urea groups is 1. The molecule has 0 radical (unpaired) electrons. The molecular formula is C12H8F2N2O3S. The second-order valence-electron chi connectivity index (χ2n) is 3.67. The Bertz CT molecular complexity index is 672. The van der Waals surface area contributed by atoms with Crippen molar-refractivity contribution >= 4 is 34.7 Å². The summed E-state index contributed by atoms with van der Waals surface area (Å²) in [5, 5.41) is 14.8. The lowest BCUT2D eigenvalue weighted by molar-refractivity contribution is 0.0703. The molecule has 0 fully saturated rings. The Morgan fingerprint density at radius 2 is 1.80 bits per heavy atom. The molecule has 0 atom stereocenters. The molecule has 3 N–H and O–H groups in total. The van der Waals surface area contributed by atoms with Gasteiger partial charge in [0.05, 0.1) is 11.4 Å².